The fraction of sp³-hybridized carbons (Fsp3) is 0.688. The standard InChI is InChI=1S/C16H27N3O/c1-13(2)18-11-14-7-8-17-16(10-14)19(3)12-15-6-4-5-9-20-15/h7-8,10,13,15,18H,4-6,9,11-12H2,1-3H3. The molecule has 1 aliphatic rings. The quantitative estimate of drug-likeness (QED) is 0.867. The molecule has 112 valence electrons. The van der Waals surface area contributed by atoms with Gasteiger partial charge in [-0.25, -0.2) is 4.98 Å². The van der Waals surface area contributed by atoms with Crippen molar-refractivity contribution in [3.63, 3.8) is 0 Å². The van der Waals surface area contributed by atoms with Crippen LogP contribution >= 0.6 is 0 Å². The lowest BCUT2D eigenvalue weighted by molar-refractivity contribution is 0.0215. The van der Waals surface area contributed by atoms with Gasteiger partial charge in [0.1, 0.15) is 5.82 Å². The summed E-state index contributed by atoms with van der Waals surface area (Å²) >= 11 is 0. The van der Waals surface area contributed by atoms with Crippen LogP contribution in [0.4, 0.5) is 5.82 Å². The molecule has 1 aromatic rings. The summed E-state index contributed by atoms with van der Waals surface area (Å²) in [4.78, 5) is 6.68. The highest BCUT2D eigenvalue weighted by Gasteiger charge is 2.16. The third-order valence-corrected chi connectivity index (χ3v) is 3.67. The molecular weight excluding hydrogens is 250 g/mol. The van der Waals surface area contributed by atoms with Crippen molar-refractivity contribution in [1.29, 1.82) is 0 Å². The van der Waals surface area contributed by atoms with Crippen LogP contribution in [0.1, 0.15) is 38.7 Å². The van der Waals surface area contributed by atoms with Gasteiger partial charge >= 0.3 is 0 Å². The van der Waals surface area contributed by atoms with E-state index in [-0.39, 0.29) is 0 Å². The Balaban J connectivity index is 1.91. The lowest BCUT2D eigenvalue weighted by atomic mass is 10.1. The van der Waals surface area contributed by atoms with Crippen molar-refractivity contribution in [1.82, 2.24) is 10.3 Å². The SMILES string of the molecule is CC(C)NCc1ccnc(N(C)CC2CCCCO2)c1. The third kappa shape index (κ3) is 4.76. The molecule has 2 heterocycles. The van der Waals surface area contributed by atoms with Gasteiger partial charge in [0.2, 0.25) is 0 Å². The van der Waals surface area contributed by atoms with E-state index in [0.29, 0.717) is 12.1 Å². The Hall–Kier alpha value is -1.13. The molecule has 1 unspecified atom stereocenters. The number of rotatable bonds is 6. The molecule has 0 saturated carbocycles. The molecule has 0 aliphatic carbocycles. The van der Waals surface area contributed by atoms with E-state index >= 15 is 0 Å². The van der Waals surface area contributed by atoms with Crippen LogP contribution in [0.15, 0.2) is 18.3 Å². The average Bonchev–Trinajstić information content (AvgIpc) is 2.46. The van der Waals surface area contributed by atoms with Gasteiger partial charge in [-0.15, -0.1) is 0 Å². The first-order chi connectivity index (χ1) is 9.65. The van der Waals surface area contributed by atoms with Crippen LogP contribution in [-0.2, 0) is 11.3 Å². The predicted octanol–water partition coefficient (Wildman–Crippen LogP) is 2.58. The summed E-state index contributed by atoms with van der Waals surface area (Å²) in [6.45, 7) is 7.04. The molecule has 0 aromatic carbocycles. The highest BCUT2D eigenvalue weighted by atomic mass is 16.5. The molecule has 1 saturated heterocycles. The summed E-state index contributed by atoms with van der Waals surface area (Å²) in [5.41, 5.74) is 1.28. The Bertz CT molecular complexity index is 402. The Morgan fingerprint density at radius 2 is 2.30 bits per heavy atom. The zero-order valence-corrected chi connectivity index (χ0v) is 12.9. The van der Waals surface area contributed by atoms with Crippen molar-refractivity contribution >= 4 is 5.82 Å². The van der Waals surface area contributed by atoms with Crippen molar-refractivity contribution in [2.45, 2.75) is 51.8 Å². The minimum atomic E-state index is 0.355. The number of nitrogens with zero attached hydrogens (tertiary/aromatic N) is 2. The molecule has 2 rings (SSSR count). The van der Waals surface area contributed by atoms with Gasteiger partial charge in [0.15, 0.2) is 0 Å². The predicted molar refractivity (Wildman–Crippen MR) is 83.1 cm³/mol. The molecule has 1 aromatic heterocycles. The van der Waals surface area contributed by atoms with Crippen molar-refractivity contribution < 1.29 is 4.74 Å². The maximum absolute atomic E-state index is 5.80. The van der Waals surface area contributed by atoms with Crippen LogP contribution in [0.5, 0.6) is 0 Å². The Labute approximate surface area is 122 Å². The minimum Gasteiger partial charge on any atom is -0.376 e. The fourth-order valence-corrected chi connectivity index (χ4v) is 2.45. The Morgan fingerprint density at radius 1 is 1.45 bits per heavy atom. The summed E-state index contributed by atoms with van der Waals surface area (Å²) in [5.74, 6) is 1.03. The van der Waals surface area contributed by atoms with Crippen LogP contribution in [0.25, 0.3) is 0 Å². The van der Waals surface area contributed by atoms with Gasteiger partial charge < -0.3 is 15.0 Å². The molecule has 1 aliphatic heterocycles. The van der Waals surface area contributed by atoms with Crippen molar-refractivity contribution in [3.05, 3.63) is 23.9 Å². The van der Waals surface area contributed by atoms with Crippen molar-refractivity contribution in [2.75, 3.05) is 25.1 Å². The average molecular weight is 277 g/mol. The van der Waals surface area contributed by atoms with Crippen LogP contribution in [0, 0.1) is 0 Å². The molecule has 0 amide bonds. The van der Waals surface area contributed by atoms with Gasteiger partial charge in [0.05, 0.1) is 6.10 Å². The summed E-state index contributed by atoms with van der Waals surface area (Å²) in [5, 5.41) is 3.44. The van der Waals surface area contributed by atoms with E-state index < -0.39 is 0 Å². The molecule has 4 heteroatoms. The smallest absolute Gasteiger partial charge is 0.128 e. The van der Waals surface area contributed by atoms with Crippen molar-refractivity contribution in [2.24, 2.45) is 0 Å². The van der Waals surface area contributed by atoms with E-state index in [9.17, 15) is 0 Å². The minimum absolute atomic E-state index is 0.355. The number of anilines is 1. The van der Waals surface area contributed by atoms with E-state index in [1.165, 1.54) is 24.8 Å². The highest BCUT2D eigenvalue weighted by Crippen LogP contribution is 2.17. The number of aromatic nitrogens is 1. The molecule has 1 fully saturated rings. The van der Waals surface area contributed by atoms with E-state index in [1.54, 1.807) is 0 Å². The van der Waals surface area contributed by atoms with Gasteiger partial charge in [-0.1, -0.05) is 13.8 Å². The molecule has 1 atom stereocenters. The van der Waals surface area contributed by atoms with Crippen LogP contribution in [0.3, 0.4) is 0 Å². The van der Waals surface area contributed by atoms with E-state index in [1.807, 2.05) is 6.20 Å². The fourth-order valence-electron chi connectivity index (χ4n) is 2.45. The maximum Gasteiger partial charge on any atom is 0.128 e. The zero-order chi connectivity index (χ0) is 14.4. The first kappa shape index (κ1) is 15.3. The molecule has 0 spiro atoms. The lowest BCUT2D eigenvalue weighted by Crippen LogP contribution is -2.33. The summed E-state index contributed by atoms with van der Waals surface area (Å²) in [6, 6.07) is 4.74. The summed E-state index contributed by atoms with van der Waals surface area (Å²) < 4.78 is 5.80. The van der Waals surface area contributed by atoms with Gasteiger partial charge in [0, 0.05) is 39.0 Å². The summed E-state index contributed by atoms with van der Waals surface area (Å²) in [7, 11) is 2.10. The number of pyridine rings is 1. The Kier molecular flexibility index (Phi) is 5.80. The molecular formula is C16H27N3O. The number of ether oxygens (including phenoxy) is 1. The number of hydrogen-bond donors (Lipinski definition) is 1. The molecule has 4 nitrogen and oxygen atoms in total. The first-order valence-corrected chi connectivity index (χ1v) is 7.66. The number of likely N-dealkylation sites (N-methyl/N-ethyl adjacent to an activating group) is 1. The molecule has 0 radical (unpaired) electrons. The maximum atomic E-state index is 5.80. The number of hydrogen-bond acceptors (Lipinski definition) is 4. The summed E-state index contributed by atoms with van der Waals surface area (Å²) in [6.07, 6.45) is 5.90. The largest absolute Gasteiger partial charge is 0.376 e. The van der Waals surface area contributed by atoms with E-state index in [4.69, 9.17) is 4.74 Å². The second-order valence-corrected chi connectivity index (χ2v) is 5.93. The normalized spacial score (nSPS) is 19.3. The second-order valence-electron chi connectivity index (χ2n) is 5.93. The number of nitrogens with one attached hydrogen (secondary N) is 1. The third-order valence-electron chi connectivity index (χ3n) is 3.67. The van der Waals surface area contributed by atoms with Crippen molar-refractivity contribution in [3.8, 4) is 0 Å². The second kappa shape index (κ2) is 7.60. The molecule has 1 N–H and O–H groups in total. The molecule has 20 heavy (non-hydrogen) atoms. The van der Waals surface area contributed by atoms with Gasteiger partial charge in [-0.2, -0.15) is 0 Å². The van der Waals surface area contributed by atoms with E-state index in [0.717, 1.165) is 25.5 Å². The van der Waals surface area contributed by atoms with Crippen LogP contribution in [-0.4, -0.2) is 37.3 Å². The lowest BCUT2D eigenvalue weighted by Gasteiger charge is -2.28. The topological polar surface area (TPSA) is 37.4 Å². The van der Waals surface area contributed by atoms with Crippen LogP contribution in [0.2, 0.25) is 0 Å². The highest BCUT2D eigenvalue weighted by molar-refractivity contribution is 5.40. The van der Waals surface area contributed by atoms with Crippen LogP contribution < -0.4 is 10.2 Å². The molecule has 0 bridgehead atoms. The van der Waals surface area contributed by atoms with Gasteiger partial charge in [0.25, 0.3) is 0 Å². The Morgan fingerprint density at radius 3 is 3.00 bits per heavy atom. The first-order valence-electron chi connectivity index (χ1n) is 7.66. The van der Waals surface area contributed by atoms with Gasteiger partial charge in [-0.3, -0.25) is 0 Å². The van der Waals surface area contributed by atoms with E-state index in [2.05, 4.69) is 48.2 Å². The van der Waals surface area contributed by atoms with Gasteiger partial charge in [-0.05, 0) is 37.0 Å². The monoisotopic (exact) mass is 277 g/mol. The zero-order valence-electron chi connectivity index (χ0n) is 12.9.